The Labute approximate surface area is 119 Å². The van der Waals surface area contributed by atoms with Gasteiger partial charge in [-0.3, -0.25) is 9.58 Å². The third kappa shape index (κ3) is 2.46. The van der Waals surface area contributed by atoms with Crippen molar-refractivity contribution in [2.75, 3.05) is 19.6 Å². The molecule has 1 N–H and O–H groups in total. The molecule has 5 nitrogen and oxygen atoms in total. The third-order valence-corrected chi connectivity index (χ3v) is 4.12. The second-order valence-electron chi connectivity index (χ2n) is 5.62. The first-order valence-corrected chi connectivity index (χ1v) is 7.05. The zero-order valence-electron chi connectivity index (χ0n) is 12.1. The molecular weight excluding hydrogens is 250 g/mol. The monoisotopic (exact) mass is 271 g/mol. The SMILES string of the molecule is Cn1cc(CN2CCNCC2(C)c2ccccc2)nn1. The van der Waals surface area contributed by atoms with Crippen LogP contribution >= 0.6 is 0 Å². The molecule has 0 saturated carbocycles. The Balaban J connectivity index is 1.87. The molecule has 0 bridgehead atoms. The topological polar surface area (TPSA) is 46.0 Å². The van der Waals surface area contributed by atoms with Crippen LogP contribution in [0.5, 0.6) is 0 Å². The summed E-state index contributed by atoms with van der Waals surface area (Å²) in [6, 6.07) is 10.7. The van der Waals surface area contributed by atoms with Crippen LogP contribution in [-0.2, 0) is 19.1 Å². The molecule has 2 aromatic rings. The van der Waals surface area contributed by atoms with E-state index in [2.05, 4.69) is 57.8 Å². The maximum Gasteiger partial charge on any atom is 0.0967 e. The highest BCUT2D eigenvalue weighted by Crippen LogP contribution is 2.30. The molecule has 20 heavy (non-hydrogen) atoms. The van der Waals surface area contributed by atoms with E-state index in [-0.39, 0.29) is 5.54 Å². The molecule has 0 amide bonds. The summed E-state index contributed by atoms with van der Waals surface area (Å²) < 4.78 is 1.76. The third-order valence-electron chi connectivity index (χ3n) is 4.12. The Kier molecular flexibility index (Phi) is 3.54. The summed E-state index contributed by atoms with van der Waals surface area (Å²) in [4.78, 5) is 2.49. The predicted molar refractivity (Wildman–Crippen MR) is 78.1 cm³/mol. The van der Waals surface area contributed by atoms with E-state index in [1.54, 1.807) is 4.68 Å². The van der Waals surface area contributed by atoms with E-state index in [4.69, 9.17) is 0 Å². The second-order valence-corrected chi connectivity index (χ2v) is 5.62. The Morgan fingerprint density at radius 3 is 2.80 bits per heavy atom. The Morgan fingerprint density at radius 2 is 2.10 bits per heavy atom. The molecule has 2 heterocycles. The quantitative estimate of drug-likeness (QED) is 0.909. The van der Waals surface area contributed by atoms with Gasteiger partial charge in [-0.25, -0.2) is 0 Å². The van der Waals surface area contributed by atoms with E-state index >= 15 is 0 Å². The van der Waals surface area contributed by atoms with Crippen LogP contribution < -0.4 is 5.32 Å². The molecular formula is C15H21N5. The molecule has 1 aromatic heterocycles. The van der Waals surface area contributed by atoms with Gasteiger partial charge in [0, 0.05) is 39.4 Å². The number of piperazine rings is 1. The molecule has 1 fully saturated rings. The van der Waals surface area contributed by atoms with Crippen molar-refractivity contribution >= 4 is 0 Å². The van der Waals surface area contributed by atoms with Crippen molar-refractivity contribution in [3.63, 3.8) is 0 Å². The minimum atomic E-state index is -0.00295. The van der Waals surface area contributed by atoms with Gasteiger partial charge in [0.15, 0.2) is 0 Å². The van der Waals surface area contributed by atoms with Gasteiger partial charge in [0.1, 0.15) is 0 Å². The normalized spacial score (nSPS) is 23.9. The van der Waals surface area contributed by atoms with Crippen molar-refractivity contribution < 1.29 is 0 Å². The van der Waals surface area contributed by atoms with Crippen LogP contribution in [0.25, 0.3) is 0 Å². The fourth-order valence-corrected chi connectivity index (χ4v) is 2.90. The van der Waals surface area contributed by atoms with Crippen molar-refractivity contribution in [3.05, 3.63) is 47.8 Å². The smallest absolute Gasteiger partial charge is 0.0967 e. The lowest BCUT2D eigenvalue weighted by atomic mass is 9.88. The number of hydrogen-bond acceptors (Lipinski definition) is 4. The predicted octanol–water partition coefficient (Wildman–Crippen LogP) is 1.14. The highest BCUT2D eigenvalue weighted by Gasteiger charge is 2.36. The van der Waals surface area contributed by atoms with E-state index in [0.29, 0.717) is 0 Å². The van der Waals surface area contributed by atoms with Crippen molar-refractivity contribution in [3.8, 4) is 0 Å². The van der Waals surface area contributed by atoms with Crippen molar-refractivity contribution in [1.82, 2.24) is 25.2 Å². The Hall–Kier alpha value is -1.72. The summed E-state index contributed by atoms with van der Waals surface area (Å²) in [7, 11) is 1.91. The number of nitrogens with one attached hydrogen (secondary N) is 1. The summed E-state index contributed by atoms with van der Waals surface area (Å²) in [5.41, 5.74) is 2.37. The first-order chi connectivity index (χ1) is 9.68. The van der Waals surface area contributed by atoms with Gasteiger partial charge in [0.2, 0.25) is 0 Å². The highest BCUT2D eigenvalue weighted by atomic mass is 15.4. The van der Waals surface area contributed by atoms with Gasteiger partial charge in [-0.05, 0) is 12.5 Å². The molecule has 1 saturated heterocycles. The van der Waals surface area contributed by atoms with Crippen LogP contribution in [0, 0.1) is 0 Å². The minimum Gasteiger partial charge on any atom is -0.313 e. The maximum atomic E-state index is 4.22. The van der Waals surface area contributed by atoms with Crippen LogP contribution in [0.3, 0.4) is 0 Å². The summed E-state index contributed by atoms with van der Waals surface area (Å²) in [5.74, 6) is 0. The van der Waals surface area contributed by atoms with Crippen molar-refractivity contribution in [2.45, 2.75) is 19.0 Å². The van der Waals surface area contributed by atoms with E-state index in [9.17, 15) is 0 Å². The minimum absolute atomic E-state index is 0.00295. The average Bonchev–Trinajstić information content (AvgIpc) is 2.88. The zero-order valence-corrected chi connectivity index (χ0v) is 12.1. The van der Waals surface area contributed by atoms with Crippen LogP contribution in [0.15, 0.2) is 36.5 Å². The zero-order chi connectivity index (χ0) is 14.0. The number of aromatic nitrogens is 3. The fraction of sp³-hybridized carbons (Fsp3) is 0.467. The molecule has 1 unspecified atom stereocenters. The number of rotatable bonds is 3. The summed E-state index contributed by atoms with van der Waals surface area (Å²) in [6.45, 7) is 6.12. The van der Waals surface area contributed by atoms with Crippen LogP contribution in [0.1, 0.15) is 18.2 Å². The highest BCUT2D eigenvalue weighted by molar-refractivity contribution is 5.25. The number of hydrogen-bond donors (Lipinski definition) is 1. The van der Waals surface area contributed by atoms with Gasteiger partial charge < -0.3 is 5.32 Å². The molecule has 0 radical (unpaired) electrons. The lowest BCUT2D eigenvalue weighted by Gasteiger charge is -2.45. The fourth-order valence-electron chi connectivity index (χ4n) is 2.90. The molecule has 1 aliphatic rings. The number of benzene rings is 1. The maximum absolute atomic E-state index is 4.22. The van der Waals surface area contributed by atoms with Gasteiger partial charge in [-0.15, -0.1) is 5.10 Å². The molecule has 1 atom stereocenters. The second kappa shape index (κ2) is 5.34. The summed E-state index contributed by atoms with van der Waals surface area (Å²) >= 11 is 0. The molecule has 106 valence electrons. The summed E-state index contributed by atoms with van der Waals surface area (Å²) in [5, 5.41) is 11.8. The van der Waals surface area contributed by atoms with Gasteiger partial charge in [-0.2, -0.15) is 0 Å². The Morgan fingerprint density at radius 1 is 1.30 bits per heavy atom. The first-order valence-electron chi connectivity index (χ1n) is 7.05. The van der Waals surface area contributed by atoms with E-state index in [1.807, 2.05) is 13.2 Å². The van der Waals surface area contributed by atoms with Crippen molar-refractivity contribution in [2.24, 2.45) is 7.05 Å². The Bertz CT molecular complexity index is 565. The van der Waals surface area contributed by atoms with E-state index < -0.39 is 0 Å². The molecule has 5 heteroatoms. The van der Waals surface area contributed by atoms with Crippen LogP contribution in [-0.4, -0.2) is 39.5 Å². The number of nitrogens with zero attached hydrogens (tertiary/aromatic N) is 4. The molecule has 1 aliphatic heterocycles. The van der Waals surface area contributed by atoms with Crippen LogP contribution in [0.2, 0.25) is 0 Å². The van der Waals surface area contributed by atoms with Gasteiger partial charge in [-0.1, -0.05) is 35.5 Å². The lowest BCUT2D eigenvalue weighted by Crippen LogP contribution is -2.57. The number of aryl methyl sites for hydroxylation is 1. The summed E-state index contributed by atoms with van der Waals surface area (Å²) in [6.07, 6.45) is 1.99. The molecule has 1 aromatic carbocycles. The largest absolute Gasteiger partial charge is 0.313 e. The molecule has 0 aliphatic carbocycles. The van der Waals surface area contributed by atoms with E-state index in [0.717, 1.165) is 31.9 Å². The van der Waals surface area contributed by atoms with E-state index in [1.165, 1.54) is 5.56 Å². The lowest BCUT2D eigenvalue weighted by molar-refractivity contribution is 0.0637. The standard InChI is InChI=1S/C15H21N5/c1-15(13-6-4-3-5-7-13)12-16-8-9-20(15)11-14-10-19(2)18-17-14/h3-7,10,16H,8-9,11-12H2,1-2H3. The van der Waals surface area contributed by atoms with Gasteiger partial charge in [0.05, 0.1) is 11.2 Å². The first kappa shape index (κ1) is 13.3. The van der Waals surface area contributed by atoms with Gasteiger partial charge in [0.25, 0.3) is 0 Å². The van der Waals surface area contributed by atoms with Crippen molar-refractivity contribution in [1.29, 1.82) is 0 Å². The molecule has 0 spiro atoms. The molecule has 3 rings (SSSR count). The van der Waals surface area contributed by atoms with Crippen LogP contribution in [0.4, 0.5) is 0 Å². The van der Waals surface area contributed by atoms with Gasteiger partial charge >= 0.3 is 0 Å². The average molecular weight is 271 g/mol.